The van der Waals surface area contributed by atoms with Gasteiger partial charge in [-0.3, -0.25) is 9.78 Å². The molecule has 1 fully saturated rings. The van der Waals surface area contributed by atoms with Gasteiger partial charge in [0.25, 0.3) is 5.56 Å². The summed E-state index contributed by atoms with van der Waals surface area (Å²) in [5.41, 5.74) is 1.71. The Balaban J connectivity index is 1.49. The highest BCUT2D eigenvalue weighted by Crippen LogP contribution is 2.30. The molecular formula is C19H22N6O. The number of nitrogens with one attached hydrogen (secondary N) is 1. The monoisotopic (exact) mass is 350 g/mol. The van der Waals surface area contributed by atoms with Crippen molar-refractivity contribution >= 4 is 16.7 Å². The Morgan fingerprint density at radius 2 is 1.88 bits per heavy atom. The van der Waals surface area contributed by atoms with E-state index >= 15 is 0 Å². The molecule has 0 amide bonds. The third-order valence-electron chi connectivity index (χ3n) is 4.95. The molecule has 134 valence electrons. The zero-order valence-corrected chi connectivity index (χ0v) is 15.0. The Kier molecular flexibility index (Phi) is 4.36. The SMILES string of the molecule is Cc1ccc(=O)n(C2CCC(Nc3nc(C)nc4cnccc34)CC2)n1. The molecule has 1 N–H and O–H groups in total. The van der Waals surface area contributed by atoms with Crippen LogP contribution in [0, 0.1) is 13.8 Å². The zero-order valence-electron chi connectivity index (χ0n) is 15.0. The van der Waals surface area contributed by atoms with Crippen LogP contribution >= 0.6 is 0 Å². The van der Waals surface area contributed by atoms with E-state index in [1.807, 2.05) is 19.9 Å². The molecule has 3 heterocycles. The van der Waals surface area contributed by atoms with Crippen LogP contribution in [0.15, 0.2) is 35.4 Å². The van der Waals surface area contributed by atoms with Crippen LogP contribution in [-0.4, -0.2) is 30.8 Å². The third kappa shape index (κ3) is 3.29. The van der Waals surface area contributed by atoms with Crippen molar-refractivity contribution < 1.29 is 0 Å². The summed E-state index contributed by atoms with van der Waals surface area (Å²) in [5, 5.41) is 8.98. The van der Waals surface area contributed by atoms with E-state index in [9.17, 15) is 4.79 Å². The number of nitrogens with zero attached hydrogens (tertiary/aromatic N) is 5. The van der Waals surface area contributed by atoms with E-state index in [1.165, 1.54) is 0 Å². The van der Waals surface area contributed by atoms with E-state index in [2.05, 4.69) is 25.4 Å². The molecule has 3 aromatic heterocycles. The number of rotatable bonds is 3. The molecule has 0 aromatic carbocycles. The lowest BCUT2D eigenvalue weighted by molar-refractivity contribution is 0.302. The van der Waals surface area contributed by atoms with Crippen LogP contribution in [-0.2, 0) is 0 Å². The van der Waals surface area contributed by atoms with Gasteiger partial charge in [-0.1, -0.05) is 0 Å². The predicted molar refractivity (Wildman–Crippen MR) is 100 cm³/mol. The topological polar surface area (TPSA) is 85.6 Å². The summed E-state index contributed by atoms with van der Waals surface area (Å²) < 4.78 is 1.65. The van der Waals surface area contributed by atoms with Gasteiger partial charge in [0.2, 0.25) is 0 Å². The number of anilines is 1. The summed E-state index contributed by atoms with van der Waals surface area (Å²) in [6.07, 6.45) is 7.33. The lowest BCUT2D eigenvalue weighted by Crippen LogP contribution is -2.33. The van der Waals surface area contributed by atoms with E-state index < -0.39 is 0 Å². The van der Waals surface area contributed by atoms with Crippen LogP contribution in [0.4, 0.5) is 5.82 Å². The zero-order chi connectivity index (χ0) is 18.1. The molecule has 1 saturated carbocycles. The number of aryl methyl sites for hydroxylation is 2. The van der Waals surface area contributed by atoms with Gasteiger partial charge in [0.05, 0.1) is 23.4 Å². The largest absolute Gasteiger partial charge is 0.367 e. The van der Waals surface area contributed by atoms with Crippen molar-refractivity contribution in [3.05, 3.63) is 52.5 Å². The van der Waals surface area contributed by atoms with E-state index in [-0.39, 0.29) is 11.6 Å². The van der Waals surface area contributed by atoms with Crippen LogP contribution in [0.5, 0.6) is 0 Å². The van der Waals surface area contributed by atoms with Crippen molar-refractivity contribution in [2.45, 2.75) is 51.6 Å². The molecule has 7 nitrogen and oxygen atoms in total. The number of fused-ring (bicyclic) bond motifs is 1. The maximum atomic E-state index is 12.1. The number of aromatic nitrogens is 5. The van der Waals surface area contributed by atoms with Gasteiger partial charge in [0.1, 0.15) is 11.6 Å². The van der Waals surface area contributed by atoms with E-state index in [4.69, 9.17) is 0 Å². The van der Waals surface area contributed by atoms with Crippen molar-refractivity contribution in [1.82, 2.24) is 24.7 Å². The number of hydrogen-bond acceptors (Lipinski definition) is 6. The maximum Gasteiger partial charge on any atom is 0.267 e. The fraction of sp³-hybridized carbons (Fsp3) is 0.421. The van der Waals surface area contributed by atoms with Crippen LogP contribution in [0.3, 0.4) is 0 Å². The fourth-order valence-electron chi connectivity index (χ4n) is 3.65. The highest BCUT2D eigenvalue weighted by molar-refractivity contribution is 5.88. The molecule has 4 rings (SSSR count). The summed E-state index contributed by atoms with van der Waals surface area (Å²) in [6.45, 7) is 3.81. The molecule has 0 bridgehead atoms. The molecule has 0 saturated heterocycles. The Labute approximate surface area is 151 Å². The minimum Gasteiger partial charge on any atom is -0.367 e. The Morgan fingerprint density at radius 1 is 1.08 bits per heavy atom. The summed E-state index contributed by atoms with van der Waals surface area (Å²) in [7, 11) is 0. The van der Waals surface area contributed by atoms with Gasteiger partial charge in [0, 0.05) is 23.7 Å². The van der Waals surface area contributed by atoms with Crippen LogP contribution in [0.1, 0.15) is 43.2 Å². The first-order valence-corrected chi connectivity index (χ1v) is 9.01. The molecule has 7 heteroatoms. The second-order valence-electron chi connectivity index (χ2n) is 6.92. The lowest BCUT2D eigenvalue weighted by Gasteiger charge is -2.30. The van der Waals surface area contributed by atoms with Gasteiger partial charge in [0.15, 0.2) is 0 Å². The first-order chi connectivity index (χ1) is 12.6. The number of pyridine rings is 1. The average Bonchev–Trinajstić information content (AvgIpc) is 2.64. The lowest BCUT2D eigenvalue weighted by atomic mass is 9.91. The summed E-state index contributed by atoms with van der Waals surface area (Å²) >= 11 is 0. The van der Waals surface area contributed by atoms with Crippen molar-refractivity contribution in [2.24, 2.45) is 0 Å². The molecule has 0 radical (unpaired) electrons. The van der Waals surface area contributed by atoms with Crippen LogP contribution in [0.25, 0.3) is 10.9 Å². The van der Waals surface area contributed by atoms with Crippen molar-refractivity contribution in [1.29, 1.82) is 0 Å². The quantitative estimate of drug-likeness (QED) is 0.782. The minimum atomic E-state index is -0.0167. The van der Waals surface area contributed by atoms with Gasteiger partial charge >= 0.3 is 0 Å². The molecule has 3 aromatic rings. The molecule has 0 unspecified atom stereocenters. The molecule has 0 atom stereocenters. The van der Waals surface area contributed by atoms with Gasteiger partial charge in [-0.2, -0.15) is 5.10 Å². The van der Waals surface area contributed by atoms with Gasteiger partial charge in [-0.15, -0.1) is 0 Å². The average molecular weight is 350 g/mol. The highest BCUT2D eigenvalue weighted by atomic mass is 16.1. The standard InChI is InChI=1S/C19H22N6O/c1-12-3-8-18(26)25(24-12)15-6-4-14(5-7-15)23-19-16-9-10-20-11-17(16)21-13(2)22-19/h3,8-11,14-15H,4-7H2,1-2H3,(H,21,22,23). The molecule has 1 aliphatic rings. The van der Waals surface area contributed by atoms with E-state index in [0.717, 1.165) is 53.9 Å². The van der Waals surface area contributed by atoms with Gasteiger partial charge < -0.3 is 5.32 Å². The Hall–Kier alpha value is -2.83. The molecule has 0 spiro atoms. The van der Waals surface area contributed by atoms with Crippen LogP contribution in [0.2, 0.25) is 0 Å². The Morgan fingerprint density at radius 3 is 2.69 bits per heavy atom. The fourth-order valence-corrected chi connectivity index (χ4v) is 3.65. The van der Waals surface area contributed by atoms with Crippen molar-refractivity contribution in [3.63, 3.8) is 0 Å². The van der Waals surface area contributed by atoms with Gasteiger partial charge in [-0.25, -0.2) is 14.6 Å². The van der Waals surface area contributed by atoms with Crippen LogP contribution < -0.4 is 10.9 Å². The van der Waals surface area contributed by atoms with Gasteiger partial charge in [-0.05, 0) is 51.7 Å². The van der Waals surface area contributed by atoms with Crippen molar-refractivity contribution in [3.8, 4) is 0 Å². The normalized spacial score (nSPS) is 20.2. The first kappa shape index (κ1) is 16.6. The molecule has 0 aliphatic heterocycles. The first-order valence-electron chi connectivity index (χ1n) is 9.01. The smallest absolute Gasteiger partial charge is 0.267 e. The molecular weight excluding hydrogens is 328 g/mol. The second-order valence-corrected chi connectivity index (χ2v) is 6.92. The predicted octanol–water partition coefficient (Wildman–Crippen LogP) is 2.79. The van der Waals surface area contributed by atoms with E-state index in [0.29, 0.717) is 6.04 Å². The summed E-state index contributed by atoms with van der Waals surface area (Å²) in [4.78, 5) is 25.3. The van der Waals surface area contributed by atoms with E-state index in [1.54, 1.807) is 29.2 Å². The van der Waals surface area contributed by atoms with Crippen molar-refractivity contribution in [2.75, 3.05) is 5.32 Å². The Bertz CT molecular complexity index is 991. The second kappa shape index (κ2) is 6.82. The third-order valence-corrected chi connectivity index (χ3v) is 4.95. The maximum absolute atomic E-state index is 12.1. The minimum absolute atomic E-state index is 0.0167. The molecule has 26 heavy (non-hydrogen) atoms. The summed E-state index contributed by atoms with van der Waals surface area (Å²) in [5.74, 6) is 1.60. The summed E-state index contributed by atoms with van der Waals surface area (Å²) in [6, 6.07) is 5.82. The molecule has 1 aliphatic carbocycles. The number of hydrogen-bond donors (Lipinski definition) is 1. The highest BCUT2D eigenvalue weighted by Gasteiger charge is 2.24.